The fraction of sp³-hybridized carbons (Fsp3) is 1.00. The van der Waals surface area contributed by atoms with Gasteiger partial charge in [0, 0.05) is 48.8 Å². The topological polar surface area (TPSA) is 112 Å². The van der Waals surface area contributed by atoms with Gasteiger partial charge in [0.2, 0.25) is 0 Å². The van der Waals surface area contributed by atoms with Gasteiger partial charge in [-0.05, 0) is 0 Å². The molecule has 4 unspecified atom stereocenters. The van der Waals surface area contributed by atoms with E-state index < -0.39 is 29.4 Å². The van der Waals surface area contributed by atoms with Crippen molar-refractivity contribution in [1.29, 1.82) is 0 Å². The Morgan fingerprint density at radius 3 is 0.800 bits per heavy atom. The van der Waals surface area contributed by atoms with Crippen molar-refractivity contribution >= 4 is 0 Å². The maximum atomic E-state index is 9.47. The van der Waals surface area contributed by atoms with Crippen LogP contribution in [0.25, 0.3) is 0 Å². The summed E-state index contributed by atoms with van der Waals surface area (Å²) in [4.78, 5) is 0. The van der Waals surface area contributed by atoms with Crippen molar-refractivity contribution in [3.63, 3.8) is 0 Å². The summed E-state index contributed by atoms with van der Waals surface area (Å²) in [6.07, 6.45) is -4.17. The summed E-state index contributed by atoms with van der Waals surface area (Å²) in [5.74, 6) is 0. The monoisotopic (exact) mass is 407 g/mol. The van der Waals surface area contributed by atoms with Gasteiger partial charge in [-0.25, -0.2) is 4.48 Å². The van der Waals surface area contributed by atoms with Gasteiger partial charge in [0.15, 0.2) is 24.9 Å². The fourth-order valence-electron chi connectivity index (χ4n) is 1.87. The Hall–Kier alpha value is 0.448. The molecule has 0 aromatic heterocycles. The van der Waals surface area contributed by atoms with Crippen LogP contribution in [0.4, 0.5) is 0 Å². The van der Waals surface area contributed by atoms with Crippen LogP contribution in [0.2, 0.25) is 0 Å². The van der Waals surface area contributed by atoms with Crippen LogP contribution in [0.3, 0.4) is 0 Å². The second kappa shape index (κ2) is 7.68. The molecule has 0 heterocycles. The van der Waals surface area contributed by atoms with Gasteiger partial charge in [-0.1, -0.05) is 0 Å². The molecule has 7 heteroatoms. The summed E-state index contributed by atoms with van der Waals surface area (Å²) in [5.41, 5.74) is 0. The number of rotatable bonds is 4. The van der Waals surface area contributed by atoms with Gasteiger partial charge in [0.05, 0.1) is 0 Å². The van der Waals surface area contributed by atoms with Crippen LogP contribution in [-0.2, 0) is 21.1 Å². The molecule has 0 radical (unpaired) electrons. The van der Waals surface area contributed by atoms with Crippen molar-refractivity contribution in [3.8, 4) is 0 Å². The minimum atomic E-state index is -1.04. The SMILES string of the molecule is CC(O)[N+](C(C)O)(C(C)O)C(C)O.O.[Pt]. The van der Waals surface area contributed by atoms with Gasteiger partial charge < -0.3 is 25.9 Å². The van der Waals surface area contributed by atoms with Crippen LogP contribution in [0.5, 0.6) is 0 Å². The molecule has 0 saturated carbocycles. The molecule has 15 heavy (non-hydrogen) atoms. The van der Waals surface area contributed by atoms with E-state index in [2.05, 4.69) is 0 Å². The van der Waals surface area contributed by atoms with Crippen LogP contribution in [-0.4, -0.2) is 55.3 Å². The van der Waals surface area contributed by atoms with Crippen molar-refractivity contribution in [2.45, 2.75) is 52.6 Å². The molecule has 6 N–H and O–H groups in total. The largest absolute Gasteiger partial charge is 0.412 e. The molecule has 0 aromatic rings. The summed E-state index contributed by atoms with van der Waals surface area (Å²) in [7, 11) is 0. The first-order valence-corrected chi connectivity index (χ1v) is 4.37. The molecule has 98 valence electrons. The van der Waals surface area contributed by atoms with E-state index in [-0.39, 0.29) is 26.5 Å². The van der Waals surface area contributed by atoms with Gasteiger partial charge in [-0.15, -0.1) is 0 Å². The third-order valence-electron chi connectivity index (χ3n) is 2.59. The average Bonchev–Trinajstić information content (AvgIpc) is 1.82. The quantitative estimate of drug-likeness (QED) is 0.330. The molecule has 0 bridgehead atoms. The predicted octanol–water partition coefficient (Wildman–Crippen LogP) is -1.67. The number of hydrogen-bond donors (Lipinski definition) is 4. The Kier molecular flexibility index (Phi) is 10.7. The molecule has 0 aliphatic carbocycles. The molecular weight excluding hydrogens is 385 g/mol. The van der Waals surface area contributed by atoms with E-state index >= 15 is 0 Å². The van der Waals surface area contributed by atoms with E-state index in [1.54, 1.807) is 0 Å². The summed E-state index contributed by atoms with van der Waals surface area (Å²) in [5, 5.41) is 37.9. The second-order valence-electron chi connectivity index (χ2n) is 3.42. The van der Waals surface area contributed by atoms with Crippen molar-refractivity contribution in [2.24, 2.45) is 0 Å². The molecule has 0 rings (SSSR count). The van der Waals surface area contributed by atoms with Gasteiger partial charge in [0.25, 0.3) is 0 Å². The second-order valence-corrected chi connectivity index (χ2v) is 3.42. The fourth-order valence-corrected chi connectivity index (χ4v) is 1.87. The number of aliphatic hydroxyl groups excluding tert-OH is 4. The zero-order chi connectivity index (χ0) is 10.8. The van der Waals surface area contributed by atoms with Crippen LogP contribution in [0, 0.1) is 0 Å². The molecule has 4 atom stereocenters. The smallest absolute Gasteiger partial charge is 0.193 e. The normalized spacial score (nSPS) is 22.4. The molecule has 6 nitrogen and oxygen atoms in total. The zero-order valence-electron chi connectivity index (χ0n) is 9.36. The zero-order valence-corrected chi connectivity index (χ0v) is 11.6. The van der Waals surface area contributed by atoms with E-state index in [1.165, 1.54) is 27.7 Å². The van der Waals surface area contributed by atoms with Crippen molar-refractivity contribution in [3.05, 3.63) is 0 Å². The van der Waals surface area contributed by atoms with Gasteiger partial charge in [-0.2, -0.15) is 0 Å². The summed E-state index contributed by atoms with van der Waals surface area (Å²) in [6, 6.07) is 0. The first-order chi connectivity index (χ1) is 5.77. The minimum absolute atomic E-state index is 0. The minimum Gasteiger partial charge on any atom is -0.412 e. The molecule has 0 aliphatic rings. The summed E-state index contributed by atoms with van der Waals surface area (Å²) in [6.45, 7) is 5.69. The van der Waals surface area contributed by atoms with Crippen molar-refractivity contribution < 1.29 is 51.5 Å². The van der Waals surface area contributed by atoms with Crippen LogP contribution in [0.15, 0.2) is 0 Å². The van der Waals surface area contributed by atoms with E-state index in [1.807, 2.05) is 0 Å². The van der Waals surface area contributed by atoms with Crippen LogP contribution in [0.1, 0.15) is 27.7 Å². The first kappa shape index (κ1) is 20.8. The molecule has 0 amide bonds. The molecule has 0 spiro atoms. The third kappa shape index (κ3) is 3.75. The van der Waals surface area contributed by atoms with Crippen molar-refractivity contribution in [1.82, 2.24) is 0 Å². The van der Waals surface area contributed by atoms with Gasteiger partial charge in [-0.3, -0.25) is 0 Å². The van der Waals surface area contributed by atoms with E-state index in [9.17, 15) is 20.4 Å². The van der Waals surface area contributed by atoms with Crippen LogP contribution < -0.4 is 0 Å². The molecular formula is C8H22NO5Pt+. The Morgan fingerprint density at radius 1 is 0.667 bits per heavy atom. The Morgan fingerprint density at radius 2 is 0.800 bits per heavy atom. The summed E-state index contributed by atoms with van der Waals surface area (Å²) < 4.78 is -0.556. The van der Waals surface area contributed by atoms with Gasteiger partial charge >= 0.3 is 0 Å². The Balaban J connectivity index is -0.000000720. The number of hydrogen-bond acceptors (Lipinski definition) is 4. The predicted molar refractivity (Wildman–Crippen MR) is 50.6 cm³/mol. The average molecular weight is 407 g/mol. The number of quaternary nitrogens is 1. The van der Waals surface area contributed by atoms with Gasteiger partial charge in [0.1, 0.15) is 0 Å². The Labute approximate surface area is 104 Å². The molecule has 0 aromatic carbocycles. The standard InChI is InChI=1S/C8H20NO4.H2O.Pt/c1-5(10)9(6(2)11,7(3)12)8(4)13;;/h5-8,10-13H,1-4H3;1H2;/q+1;;. The number of nitrogens with zero attached hydrogens (tertiary/aromatic N) is 1. The maximum absolute atomic E-state index is 9.47. The third-order valence-corrected chi connectivity index (χ3v) is 2.59. The summed E-state index contributed by atoms with van der Waals surface area (Å²) >= 11 is 0. The van der Waals surface area contributed by atoms with E-state index in [0.717, 1.165) is 0 Å². The molecule has 0 saturated heterocycles. The van der Waals surface area contributed by atoms with Crippen molar-refractivity contribution in [2.75, 3.05) is 0 Å². The molecule has 0 fully saturated rings. The number of aliphatic hydroxyl groups is 4. The Bertz CT molecular complexity index is 126. The van der Waals surface area contributed by atoms with Crippen LogP contribution >= 0.6 is 0 Å². The van der Waals surface area contributed by atoms with E-state index in [0.29, 0.717) is 0 Å². The molecule has 0 aliphatic heterocycles. The first-order valence-electron chi connectivity index (χ1n) is 4.37. The maximum Gasteiger partial charge on any atom is 0.193 e. The van der Waals surface area contributed by atoms with E-state index in [4.69, 9.17) is 0 Å².